The monoisotopic (exact) mass is 319 g/mol. The highest BCUT2D eigenvalue weighted by atomic mass is 35.5. The molecule has 0 radical (unpaired) electrons. The Hall–Kier alpha value is -0.640. The van der Waals surface area contributed by atoms with Crippen LogP contribution in [0.3, 0.4) is 0 Å². The minimum absolute atomic E-state index is 0. The number of alkyl halides is 1. The average molecular weight is 320 g/mol. The normalized spacial score (nSPS) is 16.8. The van der Waals surface area contributed by atoms with Crippen LogP contribution in [0.15, 0.2) is 18.2 Å². The van der Waals surface area contributed by atoms with Gasteiger partial charge in [0.1, 0.15) is 6.67 Å². The van der Waals surface area contributed by atoms with Gasteiger partial charge in [0.2, 0.25) is 0 Å². The van der Waals surface area contributed by atoms with Crippen molar-refractivity contribution in [3.8, 4) is 0 Å². The first kappa shape index (κ1) is 17.4. The minimum atomic E-state index is -0.542. The average Bonchev–Trinajstić information content (AvgIpc) is 2.41. The zero-order valence-corrected chi connectivity index (χ0v) is 13.1. The zero-order chi connectivity index (χ0) is 13.8. The van der Waals surface area contributed by atoms with Crippen molar-refractivity contribution in [3.05, 3.63) is 34.9 Å². The number of benzene rings is 1. The summed E-state index contributed by atoms with van der Waals surface area (Å²) in [4.78, 5) is 13.4. The topological polar surface area (TPSA) is 20.3 Å². The molecule has 1 fully saturated rings. The number of piperidine rings is 1. The van der Waals surface area contributed by atoms with Crippen molar-refractivity contribution in [2.45, 2.75) is 25.9 Å². The third-order valence-corrected chi connectivity index (χ3v) is 4.14. The molecule has 0 saturated carbocycles. The van der Waals surface area contributed by atoms with E-state index < -0.39 is 11.9 Å². The van der Waals surface area contributed by atoms with Crippen molar-refractivity contribution in [1.82, 2.24) is 4.90 Å². The Morgan fingerprint density at radius 3 is 2.55 bits per heavy atom. The fourth-order valence-electron chi connectivity index (χ4n) is 2.65. The molecule has 0 bridgehead atoms. The van der Waals surface area contributed by atoms with Crippen molar-refractivity contribution in [1.29, 1.82) is 0 Å². The first-order chi connectivity index (χ1) is 9.10. The fourth-order valence-corrected chi connectivity index (χ4v) is 2.77. The van der Waals surface area contributed by atoms with E-state index in [1.54, 1.807) is 12.1 Å². The maximum Gasteiger partial charge on any atom is 0.252 e. The van der Waals surface area contributed by atoms with Crippen LogP contribution in [0.25, 0.3) is 0 Å². The van der Waals surface area contributed by atoms with Gasteiger partial charge in [-0.15, -0.1) is 12.4 Å². The van der Waals surface area contributed by atoms with E-state index in [1.807, 2.05) is 6.07 Å². The van der Waals surface area contributed by atoms with Crippen LogP contribution in [0, 0.1) is 5.92 Å². The van der Waals surface area contributed by atoms with Gasteiger partial charge in [-0.3, -0.25) is 4.79 Å². The molecule has 0 spiro atoms. The van der Waals surface area contributed by atoms with Gasteiger partial charge in [0.15, 0.2) is 0 Å². The van der Waals surface area contributed by atoms with E-state index in [2.05, 4.69) is 11.9 Å². The third kappa shape index (κ3) is 4.44. The number of rotatable bonds is 4. The standard InChI is InChI=1S/C15H19ClFNO.ClH/c1-18-6-4-11(5-7-18)8-12-2-3-13(15(16)19)9-14(12)10-17;/h2-3,9,11H,4-8,10H2,1H3;1H. The Morgan fingerprint density at radius 2 is 2.00 bits per heavy atom. The number of hydrogen-bond acceptors (Lipinski definition) is 2. The fraction of sp³-hybridized carbons (Fsp3) is 0.533. The molecule has 1 aromatic rings. The molecule has 1 aliphatic heterocycles. The molecule has 0 amide bonds. The highest BCUT2D eigenvalue weighted by Crippen LogP contribution is 2.24. The molecule has 0 atom stereocenters. The van der Waals surface area contributed by atoms with E-state index in [0.717, 1.165) is 37.9 Å². The van der Waals surface area contributed by atoms with Gasteiger partial charge in [0.25, 0.3) is 5.24 Å². The smallest absolute Gasteiger partial charge is 0.252 e. The van der Waals surface area contributed by atoms with Gasteiger partial charge in [-0.1, -0.05) is 6.07 Å². The van der Waals surface area contributed by atoms with Crippen molar-refractivity contribution >= 4 is 29.3 Å². The van der Waals surface area contributed by atoms with Crippen LogP contribution in [0.2, 0.25) is 0 Å². The van der Waals surface area contributed by atoms with E-state index >= 15 is 0 Å². The molecule has 2 nitrogen and oxygen atoms in total. The molecule has 1 saturated heterocycles. The van der Waals surface area contributed by atoms with Crippen LogP contribution >= 0.6 is 24.0 Å². The molecule has 1 aliphatic rings. The second-order valence-electron chi connectivity index (χ2n) is 5.34. The van der Waals surface area contributed by atoms with E-state index in [0.29, 0.717) is 17.0 Å². The van der Waals surface area contributed by atoms with Gasteiger partial charge < -0.3 is 4.90 Å². The number of halogens is 3. The molecule has 112 valence electrons. The summed E-state index contributed by atoms with van der Waals surface area (Å²) in [6.45, 7) is 1.67. The molecule has 2 rings (SSSR count). The Balaban J connectivity index is 0.00000200. The first-order valence-corrected chi connectivity index (χ1v) is 7.04. The molecule has 0 N–H and O–H groups in total. The van der Waals surface area contributed by atoms with Gasteiger partial charge in [0.05, 0.1) is 0 Å². The van der Waals surface area contributed by atoms with E-state index in [-0.39, 0.29) is 12.4 Å². The van der Waals surface area contributed by atoms with E-state index in [4.69, 9.17) is 11.6 Å². The SMILES string of the molecule is CN1CCC(Cc2ccc(C(=O)Cl)cc2CF)CC1.Cl. The van der Waals surface area contributed by atoms with Crippen LogP contribution in [0.5, 0.6) is 0 Å². The van der Waals surface area contributed by atoms with Crippen molar-refractivity contribution < 1.29 is 9.18 Å². The van der Waals surface area contributed by atoms with Gasteiger partial charge in [0, 0.05) is 5.56 Å². The van der Waals surface area contributed by atoms with Crippen LogP contribution < -0.4 is 0 Å². The number of hydrogen-bond donors (Lipinski definition) is 0. The molecule has 1 aromatic carbocycles. The highest BCUT2D eigenvalue weighted by Gasteiger charge is 2.18. The lowest BCUT2D eigenvalue weighted by atomic mass is 9.88. The maximum atomic E-state index is 13.1. The molecule has 1 heterocycles. The van der Waals surface area contributed by atoms with Gasteiger partial charge in [-0.25, -0.2) is 4.39 Å². The van der Waals surface area contributed by atoms with E-state index in [1.165, 1.54) is 0 Å². The van der Waals surface area contributed by atoms with Crippen LogP contribution in [0.4, 0.5) is 4.39 Å². The summed E-state index contributed by atoms with van der Waals surface area (Å²) in [5.41, 5.74) is 1.99. The summed E-state index contributed by atoms with van der Waals surface area (Å²) >= 11 is 5.43. The second-order valence-corrected chi connectivity index (χ2v) is 5.68. The van der Waals surface area contributed by atoms with Crippen LogP contribution in [-0.4, -0.2) is 30.3 Å². The minimum Gasteiger partial charge on any atom is -0.306 e. The lowest BCUT2D eigenvalue weighted by Gasteiger charge is -2.29. The Morgan fingerprint density at radius 1 is 1.35 bits per heavy atom. The Bertz CT molecular complexity index is 459. The molecule has 5 heteroatoms. The quantitative estimate of drug-likeness (QED) is 0.786. The predicted octanol–water partition coefficient (Wildman–Crippen LogP) is 3.84. The summed E-state index contributed by atoms with van der Waals surface area (Å²) in [5.74, 6) is 0.610. The lowest BCUT2D eigenvalue weighted by Crippen LogP contribution is -2.31. The summed E-state index contributed by atoms with van der Waals surface area (Å²) in [6.07, 6.45) is 3.20. The van der Waals surface area contributed by atoms with Gasteiger partial charge in [-0.2, -0.15) is 0 Å². The predicted molar refractivity (Wildman–Crippen MR) is 82.6 cm³/mol. The Labute approximate surface area is 130 Å². The number of nitrogens with zero attached hydrogens (tertiary/aromatic N) is 1. The molecular weight excluding hydrogens is 300 g/mol. The lowest BCUT2D eigenvalue weighted by molar-refractivity contribution is 0.108. The first-order valence-electron chi connectivity index (χ1n) is 6.66. The zero-order valence-electron chi connectivity index (χ0n) is 11.6. The van der Waals surface area contributed by atoms with Crippen molar-refractivity contribution in [2.24, 2.45) is 5.92 Å². The van der Waals surface area contributed by atoms with Crippen LogP contribution in [-0.2, 0) is 13.1 Å². The van der Waals surface area contributed by atoms with E-state index in [9.17, 15) is 9.18 Å². The third-order valence-electron chi connectivity index (χ3n) is 3.92. The molecule has 0 unspecified atom stereocenters. The maximum absolute atomic E-state index is 13.1. The number of carbonyl (C=O) groups is 1. The summed E-state index contributed by atoms with van der Waals surface area (Å²) in [5, 5.41) is -0.527. The van der Waals surface area contributed by atoms with Gasteiger partial charge in [-0.05, 0) is 80.2 Å². The van der Waals surface area contributed by atoms with Crippen molar-refractivity contribution in [3.63, 3.8) is 0 Å². The molecule has 0 aromatic heterocycles. The summed E-state index contributed by atoms with van der Waals surface area (Å²) in [6, 6.07) is 5.13. The molecular formula is C15H20Cl2FNO. The number of likely N-dealkylation sites (tertiary alicyclic amines) is 1. The summed E-state index contributed by atoms with van der Waals surface area (Å²) in [7, 11) is 2.13. The highest BCUT2D eigenvalue weighted by molar-refractivity contribution is 6.67. The molecule has 20 heavy (non-hydrogen) atoms. The van der Waals surface area contributed by atoms with Crippen LogP contribution in [0.1, 0.15) is 34.3 Å². The van der Waals surface area contributed by atoms with Gasteiger partial charge >= 0.3 is 0 Å². The summed E-state index contributed by atoms with van der Waals surface area (Å²) < 4.78 is 13.1. The Kier molecular flexibility index (Phi) is 6.93. The second kappa shape index (κ2) is 7.96. The van der Waals surface area contributed by atoms with Crippen molar-refractivity contribution in [2.75, 3.05) is 20.1 Å². The number of carbonyl (C=O) groups excluding carboxylic acids is 1. The largest absolute Gasteiger partial charge is 0.306 e. The molecule has 0 aliphatic carbocycles.